The Hall–Kier alpha value is -3.75. The second-order valence-electron chi connectivity index (χ2n) is 8.24. The van der Waals surface area contributed by atoms with E-state index in [9.17, 15) is 10.1 Å². The number of nitriles is 1. The quantitative estimate of drug-likeness (QED) is 0.305. The Morgan fingerprint density at radius 3 is 2.35 bits per heavy atom. The summed E-state index contributed by atoms with van der Waals surface area (Å²) in [5.74, 6) is 0.310. The van der Waals surface area contributed by atoms with Crippen molar-refractivity contribution >= 4 is 29.3 Å². The second kappa shape index (κ2) is 10.9. The lowest BCUT2D eigenvalue weighted by Crippen LogP contribution is -2.13. The SMILES string of the molecule is COc1cc(/C=C(\C#N)C(=O)Nc2ccc(C)c(C)c2)cc(Cl)c1OCc1cc(C)cc(C)c1. The number of hydrogen-bond donors (Lipinski definition) is 1. The van der Waals surface area contributed by atoms with Crippen molar-refractivity contribution in [3.8, 4) is 17.6 Å². The molecule has 1 N–H and O–H groups in total. The molecule has 3 aromatic rings. The molecule has 0 unspecified atom stereocenters. The lowest BCUT2D eigenvalue weighted by molar-refractivity contribution is -0.112. The van der Waals surface area contributed by atoms with Crippen molar-refractivity contribution in [2.24, 2.45) is 0 Å². The normalized spacial score (nSPS) is 11.0. The van der Waals surface area contributed by atoms with Crippen LogP contribution >= 0.6 is 11.6 Å². The van der Waals surface area contributed by atoms with Gasteiger partial charge in [0.2, 0.25) is 0 Å². The van der Waals surface area contributed by atoms with Crippen LogP contribution in [0, 0.1) is 39.0 Å². The summed E-state index contributed by atoms with van der Waals surface area (Å²) in [4.78, 5) is 12.7. The van der Waals surface area contributed by atoms with E-state index in [1.54, 1.807) is 18.2 Å². The maximum Gasteiger partial charge on any atom is 0.266 e. The monoisotopic (exact) mass is 474 g/mol. The number of methoxy groups -OCH3 is 1. The Morgan fingerprint density at radius 2 is 1.74 bits per heavy atom. The molecule has 0 fully saturated rings. The largest absolute Gasteiger partial charge is 0.493 e. The van der Waals surface area contributed by atoms with Crippen LogP contribution in [0.3, 0.4) is 0 Å². The smallest absolute Gasteiger partial charge is 0.266 e. The summed E-state index contributed by atoms with van der Waals surface area (Å²) in [5, 5.41) is 12.7. The fraction of sp³-hybridized carbons (Fsp3) is 0.214. The van der Waals surface area contributed by atoms with Gasteiger partial charge in [-0.15, -0.1) is 0 Å². The van der Waals surface area contributed by atoms with Crippen molar-refractivity contribution in [1.29, 1.82) is 5.26 Å². The van der Waals surface area contributed by atoms with Gasteiger partial charge in [-0.2, -0.15) is 5.26 Å². The van der Waals surface area contributed by atoms with Crippen LogP contribution in [0.1, 0.15) is 33.4 Å². The first kappa shape index (κ1) is 24.9. The number of hydrogen-bond acceptors (Lipinski definition) is 4. The molecule has 0 atom stereocenters. The van der Waals surface area contributed by atoms with E-state index in [1.807, 2.05) is 45.9 Å². The molecule has 0 aliphatic heterocycles. The lowest BCUT2D eigenvalue weighted by atomic mass is 10.1. The van der Waals surface area contributed by atoms with Gasteiger partial charge in [0.15, 0.2) is 11.5 Å². The van der Waals surface area contributed by atoms with Crippen LogP contribution in [0.4, 0.5) is 5.69 Å². The second-order valence-corrected chi connectivity index (χ2v) is 8.65. The molecule has 5 nitrogen and oxygen atoms in total. The van der Waals surface area contributed by atoms with Crippen LogP contribution in [0.25, 0.3) is 6.08 Å². The third kappa shape index (κ3) is 6.18. The fourth-order valence-electron chi connectivity index (χ4n) is 3.60. The molecule has 3 aromatic carbocycles. The van der Waals surface area contributed by atoms with Crippen molar-refractivity contribution in [1.82, 2.24) is 0 Å². The molecular formula is C28H27ClN2O3. The van der Waals surface area contributed by atoms with Crippen molar-refractivity contribution in [3.05, 3.63) is 92.5 Å². The summed E-state index contributed by atoms with van der Waals surface area (Å²) in [5.41, 5.74) is 6.62. The summed E-state index contributed by atoms with van der Waals surface area (Å²) in [6.45, 7) is 8.36. The Labute approximate surface area is 205 Å². The number of rotatable bonds is 7. The van der Waals surface area contributed by atoms with E-state index in [0.717, 1.165) is 27.8 Å². The molecule has 0 saturated heterocycles. The minimum Gasteiger partial charge on any atom is -0.493 e. The summed E-state index contributed by atoms with van der Waals surface area (Å²) in [6, 6.07) is 17.1. The van der Waals surface area contributed by atoms with Crippen molar-refractivity contribution in [2.45, 2.75) is 34.3 Å². The van der Waals surface area contributed by atoms with Crippen LogP contribution in [-0.4, -0.2) is 13.0 Å². The molecule has 6 heteroatoms. The Morgan fingerprint density at radius 1 is 1.03 bits per heavy atom. The average Bonchev–Trinajstić information content (AvgIpc) is 2.78. The number of aryl methyl sites for hydroxylation is 4. The van der Waals surface area contributed by atoms with E-state index in [0.29, 0.717) is 34.4 Å². The summed E-state index contributed by atoms with van der Waals surface area (Å²) in [6.07, 6.45) is 1.47. The average molecular weight is 475 g/mol. The number of carbonyl (C=O) groups is 1. The fourth-order valence-corrected chi connectivity index (χ4v) is 3.88. The van der Waals surface area contributed by atoms with Crippen molar-refractivity contribution in [2.75, 3.05) is 12.4 Å². The predicted octanol–water partition coefficient (Wildman–Crippen LogP) is 6.71. The number of benzene rings is 3. The highest BCUT2D eigenvalue weighted by Gasteiger charge is 2.15. The van der Waals surface area contributed by atoms with Gasteiger partial charge in [0.1, 0.15) is 18.2 Å². The van der Waals surface area contributed by atoms with E-state index < -0.39 is 5.91 Å². The molecule has 0 aromatic heterocycles. The number of amides is 1. The number of nitrogens with zero attached hydrogens (tertiary/aromatic N) is 1. The predicted molar refractivity (Wildman–Crippen MR) is 136 cm³/mol. The van der Waals surface area contributed by atoms with Gasteiger partial charge in [-0.3, -0.25) is 4.79 Å². The maximum atomic E-state index is 12.7. The zero-order valence-electron chi connectivity index (χ0n) is 20.0. The molecule has 0 radical (unpaired) electrons. The Bertz CT molecular complexity index is 1290. The molecular weight excluding hydrogens is 448 g/mol. The minimum atomic E-state index is -0.504. The zero-order valence-corrected chi connectivity index (χ0v) is 20.7. The molecule has 0 saturated carbocycles. The van der Waals surface area contributed by atoms with E-state index in [-0.39, 0.29) is 5.57 Å². The van der Waals surface area contributed by atoms with Crippen LogP contribution in [0.5, 0.6) is 11.5 Å². The summed E-state index contributed by atoms with van der Waals surface area (Å²) < 4.78 is 11.4. The van der Waals surface area contributed by atoms with Crippen LogP contribution in [0.2, 0.25) is 5.02 Å². The van der Waals surface area contributed by atoms with Gasteiger partial charge in [0.05, 0.1) is 12.1 Å². The van der Waals surface area contributed by atoms with Crippen LogP contribution < -0.4 is 14.8 Å². The van der Waals surface area contributed by atoms with E-state index in [2.05, 4.69) is 23.5 Å². The van der Waals surface area contributed by atoms with E-state index in [4.69, 9.17) is 21.1 Å². The van der Waals surface area contributed by atoms with Gasteiger partial charge >= 0.3 is 0 Å². The summed E-state index contributed by atoms with van der Waals surface area (Å²) >= 11 is 6.49. The van der Waals surface area contributed by atoms with Crippen molar-refractivity contribution in [3.63, 3.8) is 0 Å². The first-order valence-corrected chi connectivity index (χ1v) is 11.2. The number of nitrogens with one attached hydrogen (secondary N) is 1. The lowest BCUT2D eigenvalue weighted by Gasteiger charge is -2.14. The van der Waals surface area contributed by atoms with Crippen LogP contribution in [-0.2, 0) is 11.4 Å². The van der Waals surface area contributed by atoms with Crippen molar-refractivity contribution < 1.29 is 14.3 Å². The molecule has 3 rings (SSSR count). The zero-order chi connectivity index (χ0) is 24.8. The maximum absolute atomic E-state index is 12.7. The highest BCUT2D eigenvalue weighted by atomic mass is 35.5. The molecule has 0 aliphatic carbocycles. The first-order valence-electron chi connectivity index (χ1n) is 10.8. The van der Waals surface area contributed by atoms with E-state index >= 15 is 0 Å². The number of carbonyl (C=O) groups excluding carboxylic acids is 1. The first-order chi connectivity index (χ1) is 16.2. The number of halogens is 1. The van der Waals surface area contributed by atoms with Crippen LogP contribution in [0.15, 0.2) is 54.1 Å². The molecule has 0 spiro atoms. The van der Waals surface area contributed by atoms with Gasteiger partial charge < -0.3 is 14.8 Å². The molecule has 0 aliphatic rings. The summed E-state index contributed by atoms with van der Waals surface area (Å²) in [7, 11) is 1.51. The third-order valence-electron chi connectivity index (χ3n) is 5.36. The van der Waals surface area contributed by atoms with Gasteiger partial charge in [-0.05, 0) is 80.3 Å². The molecule has 1 amide bonds. The highest BCUT2D eigenvalue weighted by molar-refractivity contribution is 6.32. The molecule has 0 bridgehead atoms. The molecule has 0 heterocycles. The minimum absolute atomic E-state index is 0.0553. The molecule has 34 heavy (non-hydrogen) atoms. The molecule has 174 valence electrons. The van der Waals surface area contributed by atoms with Gasteiger partial charge in [0.25, 0.3) is 5.91 Å². The van der Waals surface area contributed by atoms with Gasteiger partial charge in [-0.1, -0.05) is 47.0 Å². The van der Waals surface area contributed by atoms with Gasteiger partial charge in [0, 0.05) is 5.69 Å². The number of anilines is 1. The third-order valence-corrected chi connectivity index (χ3v) is 5.64. The Balaban J connectivity index is 1.82. The Kier molecular flexibility index (Phi) is 7.99. The number of ether oxygens (including phenoxy) is 2. The van der Waals surface area contributed by atoms with Gasteiger partial charge in [-0.25, -0.2) is 0 Å². The highest BCUT2D eigenvalue weighted by Crippen LogP contribution is 2.37. The van der Waals surface area contributed by atoms with E-state index in [1.165, 1.54) is 13.2 Å². The standard InChI is InChI=1S/C28H27ClN2O3/c1-17-8-18(2)10-22(9-17)16-34-27-25(29)13-21(14-26(27)33-5)12-23(15-30)28(32)31-24-7-6-19(3)20(4)11-24/h6-14H,16H2,1-5H3,(H,31,32)/b23-12+. The topological polar surface area (TPSA) is 71.3 Å².